The summed E-state index contributed by atoms with van der Waals surface area (Å²) in [4.78, 5) is 4.91. The molecule has 0 unspecified atom stereocenters. The fourth-order valence-electron chi connectivity index (χ4n) is 3.58. The molecule has 2 aromatic rings. The second kappa shape index (κ2) is 10.6. The predicted molar refractivity (Wildman–Crippen MR) is 123 cm³/mol. The first-order valence-electron chi connectivity index (χ1n) is 10.3. The number of piperazine rings is 1. The third-order valence-electron chi connectivity index (χ3n) is 5.32. The van der Waals surface area contributed by atoms with Crippen LogP contribution >= 0.6 is 11.6 Å². The number of anilines is 1. The zero-order chi connectivity index (χ0) is 20.6. The Kier molecular flexibility index (Phi) is 7.84. The average molecular weight is 415 g/mol. The van der Waals surface area contributed by atoms with E-state index in [4.69, 9.17) is 21.1 Å². The van der Waals surface area contributed by atoms with Crippen molar-refractivity contribution in [3.8, 4) is 11.5 Å². The molecular formula is C24H31ClN2O2. The SMILES string of the molecule is C/C=C/c1ccc(OCCCN2CCN(c3ccc(C)c(Cl)c3)CC2)c(OC)c1. The first kappa shape index (κ1) is 21.5. The summed E-state index contributed by atoms with van der Waals surface area (Å²) in [6.07, 6.45) is 5.06. The molecule has 1 heterocycles. The van der Waals surface area contributed by atoms with Crippen molar-refractivity contribution in [2.24, 2.45) is 0 Å². The van der Waals surface area contributed by atoms with Gasteiger partial charge in [-0.05, 0) is 55.7 Å². The van der Waals surface area contributed by atoms with Crippen molar-refractivity contribution < 1.29 is 9.47 Å². The number of hydrogen-bond acceptors (Lipinski definition) is 4. The molecule has 0 atom stereocenters. The number of hydrogen-bond donors (Lipinski definition) is 0. The largest absolute Gasteiger partial charge is 0.493 e. The molecule has 0 spiro atoms. The van der Waals surface area contributed by atoms with E-state index in [1.54, 1.807) is 7.11 Å². The lowest BCUT2D eigenvalue weighted by Gasteiger charge is -2.36. The fraction of sp³-hybridized carbons (Fsp3) is 0.417. The quantitative estimate of drug-likeness (QED) is 0.548. The van der Waals surface area contributed by atoms with Gasteiger partial charge in [-0.25, -0.2) is 0 Å². The van der Waals surface area contributed by atoms with Gasteiger partial charge in [0.1, 0.15) is 0 Å². The lowest BCUT2D eigenvalue weighted by Crippen LogP contribution is -2.46. The smallest absolute Gasteiger partial charge is 0.161 e. The van der Waals surface area contributed by atoms with Gasteiger partial charge in [0.15, 0.2) is 11.5 Å². The number of nitrogens with zero attached hydrogens (tertiary/aromatic N) is 2. The number of aryl methyl sites for hydroxylation is 1. The molecule has 0 aliphatic carbocycles. The van der Waals surface area contributed by atoms with Crippen LogP contribution in [0.15, 0.2) is 42.5 Å². The van der Waals surface area contributed by atoms with Gasteiger partial charge in [-0.3, -0.25) is 4.90 Å². The van der Waals surface area contributed by atoms with Crippen LogP contribution in [0.2, 0.25) is 5.02 Å². The zero-order valence-corrected chi connectivity index (χ0v) is 18.4. The van der Waals surface area contributed by atoms with E-state index in [1.807, 2.05) is 32.1 Å². The third kappa shape index (κ3) is 5.91. The van der Waals surface area contributed by atoms with Crippen LogP contribution in [0.1, 0.15) is 24.5 Å². The summed E-state index contributed by atoms with van der Waals surface area (Å²) in [5.41, 5.74) is 3.46. The molecule has 2 aromatic carbocycles. The number of allylic oxidation sites excluding steroid dienone is 1. The van der Waals surface area contributed by atoms with Crippen LogP contribution in [-0.4, -0.2) is 51.3 Å². The molecule has 29 heavy (non-hydrogen) atoms. The van der Waals surface area contributed by atoms with Crippen molar-refractivity contribution in [1.82, 2.24) is 4.90 Å². The molecule has 4 nitrogen and oxygen atoms in total. The second-order valence-corrected chi connectivity index (χ2v) is 7.78. The summed E-state index contributed by atoms with van der Waals surface area (Å²) < 4.78 is 11.4. The molecule has 1 saturated heterocycles. The minimum atomic E-state index is 0.688. The van der Waals surface area contributed by atoms with Gasteiger partial charge >= 0.3 is 0 Å². The minimum absolute atomic E-state index is 0.688. The van der Waals surface area contributed by atoms with E-state index >= 15 is 0 Å². The molecule has 0 bridgehead atoms. The third-order valence-corrected chi connectivity index (χ3v) is 5.72. The highest BCUT2D eigenvalue weighted by Crippen LogP contribution is 2.29. The Bertz CT molecular complexity index is 830. The molecule has 156 valence electrons. The summed E-state index contributed by atoms with van der Waals surface area (Å²) in [6.45, 7) is 9.96. The van der Waals surface area contributed by atoms with E-state index in [1.165, 1.54) is 5.69 Å². The average Bonchev–Trinajstić information content (AvgIpc) is 2.74. The van der Waals surface area contributed by atoms with Gasteiger partial charge in [0.25, 0.3) is 0 Å². The van der Waals surface area contributed by atoms with Crippen LogP contribution in [0.3, 0.4) is 0 Å². The van der Waals surface area contributed by atoms with E-state index in [0.717, 1.165) is 66.8 Å². The monoisotopic (exact) mass is 414 g/mol. The summed E-state index contributed by atoms with van der Waals surface area (Å²) >= 11 is 6.28. The van der Waals surface area contributed by atoms with Crippen molar-refractivity contribution in [2.45, 2.75) is 20.3 Å². The van der Waals surface area contributed by atoms with E-state index in [9.17, 15) is 0 Å². The van der Waals surface area contributed by atoms with Crippen LogP contribution in [0, 0.1) is 6.92 Å². The second-order valence-electron chi connectivity index (χ2n) is 7.37. The van der Waals surface area contributed by atoms with Crippen molar-refractivity contribution >= 4 is 23.4 Å². The highest BCUT2D eigenvalue weighted by molar-refractivity contribution is 6.31. The van der Waals surface area contributed by atoms with Crippen molar-refractivity contribution in [2.75, 3.05) is 51.3 Å². The molecule has 1 aliphatic rings. The van der Waals surface area contributed by atoms with Gasteiger partial charge in [-0.2, -0.15) is 0 Å². The van der Waals surface area contributed by atoms with Crippen molar-refractivity contribution in [3.63, 3.8) is 0 Å². The molecule has 5 heteroatoms. The van der Waals surface area contributed by atoms with Gasteiger partial charge in [-0.1, -0.05) is 35.9 Å². The van der Waals surface area contributed by atoms with Crippen molar-refractivity contribution in [3.05, 3.63) is 58.6 Å². The molecule has 3 rings (SSSR count). The standard InChI is InChI=1S/C24H31ClN2O2/c1-4-6-20-8-10-23(24(17-20)28-3)29-16-5-11-26-12-14-27(15-13-26)21-9-7-19(2)22(25)18-21/h4,6-10,17-18H,5,11-16H2,1-3H3/b6-4+. The number of rotatable bonds is 8. The van der Waals surface area contributed by atoms with Crippen molar-refractivity contribution in [1.29, 1.82) is 0 Å². The highest BCUT2D eigenvalue weighted by atomic mass is 35.5. The highest BCUT2D eigenvalue weighted by Gasteiger charge is 2.17. The Morgan fingerprint density at radius 1 is 1.03 bits per heavy atom. The Hall–Kier alpha value is -2.17. The lowest BCUT2D eigenvalue weighted by atomic mass is 10.2. The van der Waals surface area contributed by atoms with Crippen LogP contribution in [0.4, 0.5) is 5.69 Å². The Morgan fingerprint density at radius 3 is 2.52 bits per heavy atom. The number of halogens is 1. The van der Waals surface area contributed by atoms with Gasteiger partial charge in [0.05, 0.1) is 13.7 Å². The molecule has 0 radical (unpaired) electrons. The maximum atomic E-state index is 6.28. The maximum Gasteiger partial charge on any atom is 0.161 e. The molecule has 0 aromatic heterocycles. The first-order chi connectivity index (χ1) is 14.1. The van der Waals surface area contributed by atoms with E-state index < -0.39 is 0 Å². The van der Waals surface area contributed by atoms with Crippen LogP contribution in [0.25, 0.3) is 6.08 Å². The molecule has 1 fully saturated rings. The van der Waals surface area contributed by atoms with Crippen LogP contribution < -0.4 is 14.4 Å². The van der Waals surface area contributed by atoms with Gasteiger partial charge in [-0.15, -0.1) is 0 Å². The minimum Gasteiger partial charge on any atom is -0.493 e. The molecular weight excluding hydrogens is 384 g/mol. The van der Waals surface area contributed by atoms with Gasteiger partial charge in [0, 0.05) is 43.4 Å². The normalized spacial score (nSPS) is 15.1. The number of methoxy groups -OCH3 is 1. The Morgan fingerprint density at radius 2 is 1.83 bits per heavy atom. The lowest BCUT2D eigenvalue weighted by molar-refractivity contribution is 0.221. The van der Waals surface area contributed by atoms with Crippen LogP contribution in [0.5, 0.6) is 11.5 Å². The van der Waals surface area contributed by atoms with E-state index in [2.05, 4.69) is 40.1 Å². The first-order valence-corrected chi connectivity index (χ1v) is 10.7. The molecule has 1 aliphatic heterocycles. The molecule has 0 N–H and O–H groups in total. The molecule has 0 saturated carbocycles. The molecule has 0 amide bonds. The predicted octanol–water partition coefficient (Wildman–Crippen LogP) is 5.28. The Labute approximate surface area is 179 Å². The van der Waals surface area contributed by atoms with E-state index in [-0.39, 0.29) is 0 Å². The van der Waals surface area contributed by atoms with Gasteiger partial charge < -0.3 is 14.4 Å². The summed E-state index contributed by atoms with van der Waals surface area (Å²) in [6, 6.07) is 12.4. The topological polar surface area (TPSA) is 24.9 Å². The van der Waals surface area contributed by atoms with Crippen LogP contribution in [-0.2, 0) is 0 Å². The number of benzene rings is 2. The summed E-state index contributed by atoms with van der Waals surface area (Å²) in [5, 5.41) is 0.844. The fourth-order valence-corrected chi connectivity index (χ4v) is 3.75. The van der Waals surface area contributed by atoms with Gasteiger partial charge in [0.2, 0.25) is 0 Å². The summed E-state index contributed by atoms with van der Waals surface area (Å²) in [7, 11) is 1.68. The number of ether oxygens (including phenoxy) is 2. The Balaban J connectivity index is 1.41. The maximum absolute atomic E-state index is 6.28. The zero-order valence-electron chi connectivity index (χ0n) is 17.7. The summed E-state index contributed by atoms with van der Waals surface area (Å²) in [5.74, 6) is 1.59. The van der Waals surface area contributed by atoms with E-state index in [0.29, 0.717) is 6.61 Å².